The van der Waals surface area contributed by atoms with Gasteiger partial charge in [-0.2, -0.15) is 11.3 Å². The van der Waals surface area contributed by atoms with Crippen molar-refractivity contribution in [1.29, 1.82) is 0 Å². The summed E-state index contributed by atoms with van der Waals surface area (Å²) in [6, 6.07) is 6.20. The predicted molar refractivity (Wildman–Crippen MR) is 87.1 cm³/mol. The molecule has 0 saturated carbocycles. The Hall–Kier alpha value is -1.04. The van der Waals surface area contributed by atoms with E-state index in [9.17, 15) is 0 Å². The maximum atomic E-state index is 5.53. The largest absolute Gasteiger partial charge is 0.496 e. The van der Waals surface area contributed by atoms with Crippen molar-refractivity contribution in [1.82, 2.24) is 5.32 Å². The molecule has 108 valence electrons. The minimum atomic E-state index is 0.100. The summed E-state index contributed by atoms with van der Waals surface area (Å²) in [5.41, 5.74) is 2.31. The van der Waals surface area contributed by atoms with Gasteiger partial charge in [-0.05, 0) is 57.0 Å². The monoisotopic (exact) mass is 355 g/mol. The second-order valence-corrected chi connectivity index (χ2v) is 5.91. The van der Waals surface area contributed by atoms with Crippen LogP contribution in [0, 0.1) is 0 Å². The van der Waals surface area contributed by atoms with E-state index >= 15 is 0 Å². The van der Waals surface area contributed by atoms with Crippen molar-refractivity contribution in [3.63, 3.8) is 0 Å². The van der Waals surface area contributed by atoms with Gasteiger partial charge in [0.1, 0.15) is 11.5 Å². The van der Waals surface area contributed by atoms with Gasteiger partial charge in [-0.3, -0.25) is 0 Å². The van der Waals surface area contributed by atoms with Crippen LogP contribution in [0.25, 0.3) is 0 Å². The van der Waals surface area contributed by atoms with E-state index in [1.807, 2.05) is 12.1 Å². The molecule has 0 saturated heterocycles. The summed E-state index contributed by atoms with van der Waals surface area (Å²) in [4.78, 5) is 0. The average molecular weight is 356 g/mol. The number of benzene rings is 1. The van der Waals surface area contributed by atoms with E-state index in [1.165, 1.54) is 5.56 Å². The average Bonchev–Trinajstić information content (AvgIpc) is 2.98. The van der Waals surface area contributed by atoms with E-state index in [-0.39, 0.29) is 6.04 Å². The number of ether oxygens (including phenoxy) is 2. The Balaban J connectivity index is 2.51. The Bertz CT molecular complexity index is 557. The molecule has 0 aliphatic heterocycles. The third-order valence-electron chi connectivity index (χ3n) is 3.10. The van der Waals surface area contributed by atoms with Crippen LogP contribution in [0.2, 0.25) is 0 Å². The van der Waals surface area contributed by atoms with Gasteiger partial charge in [-0.1, -0.05) is 6.92 Å². The number of hydrogen-bond acceptors (Lipinski definition) is 4. The Morgan fingerprint density at radius 1 is 1.25 bits per heavy atom. The van der Waals surface area contributed by atoms with Crippen molar-refractivity contribution in [2.45, 2.75) is 13.0 Å². The molecule has 0 amide bonds. The summed E-state index contributed by atoms with van der Waals surface area (Å²) in [5, 5.41) is 7.74. The molecular weight excluding hydrogens is 338 g/mol. The van der Waals surface area contributed by atoms with Crippen molar-refractivity contribution in [2.75, 3.05) is 20.8 Å². The highest BCUT2D eigenvalue weighted by Gasteiger charge is 2.20. The maximum absolute atomic E-state index is 5.53. The van der Waals surface area contributed by atoms with E-state index in [0.29, 0.717) is 0 Å². The lowest BCUT2D eigenvalue weighted by molar-refractivity contribution is 0.392. The highest BCUT2D eigenvalue weighted by atomic mass is 79.9. The minimum absolute atomic E-state index is 0.100. The molecule has 1 heterocycles. The van der Waals surface area contributed by atoms with E-state index in [0.717, 1.165) is 28.1 Å². The summed E-state index contributed by atoms with van der Waals surface area (Å²) in [6.07, 6.45) is 0. The Morgan fingerprint density at radius 3 is 2.55 bits per heavy atom. The molecule has 2 aromatic rings. The van der Waals surface area contributed by atoms with Gasteiger partial charge in [-0.15, -0.1) is 0 Å². The molecule has 1 atom stereocenters. The fourth-order valence-corrected chi connectivity index (χ4v) is 3.33. The van der Waals surface area contributed by atoms with E-state index in [4.69, 9.17) is 9.47 Å². The van der Waals surface area contributed by atoms with Crippen LogP contribution >= 0.6 is 27.3 Å². The van der Waals surface area contributed by atoms with E-state index in [1.54, 1.807) is 25.6 Å². The molecule has 1 N–H and O–H groups in total. The summed E-state index contributed by atoms with van der Waals surface area (Å²) in [5.74, 6) is 1.65. The van der Waals surface area contributed by atoms with E-state index in [2.05, 4.69) is 45.0 Å². The summed E-state index contributed by atoms with van der Waals surface area (Å²) >= 11 is 5.19. The molecule has 0 aliphatic carbocycles. The maximum Gasteiger partial charge on any atom is 0.133 e. The highest BCUT2D eigenvalue weighted by Crippen LogP contribution is 2.38. The van der Waals surface area contributed by atoms with E-state index < -0.39 is 0 Å². The molecule has 0 radical (unpaired) electrons. The molecule has 0 spiro atoms. The van der Waals surface area contributed by atoms with Crippen LogP contribution in [-0.4, -0.2) is 20.8 Å². The predicted octanol–water partition coefficient (Wildman–Crippen LogP) is 4.23. The number of thiophene rings is 1. The van der Waals surface area contributed by atoms with Gasteiger partial charge < -0.3 is 14.8 Å². The van der Waals surface area contributed by atoms with Crippen LogP contribution in [0.15, 0.2) is 33.4 Å². The number of rotatable bonds is 6. The van der Waals surface area contributed by atoms with Crippen molar-refractivity contribution in [2.24, 2.45) is 0 Å². The first-order valence-corrected chi connectivity index (χ1v) is 8.11. The lowest BCUT2D eigenvalue weighted by Gasteiger charge is -2.21. The van der Waals surface area contributed by atoms with Gasteiger partial charge in [0.15, 0.2) is 0 Å². The molecule has 1 aromatic carbocycles. The molecular formula is C15H18BrNO2S. The first-order chi connectivity index (χ1) is 9.71. The first kappa shape index (κ1) is 15.4. The Kier molecular flexibility index (Phi) is 5.46. The number of hydrogen-bond donors (Lipinski definition) is 1. The van der Waals surface area contributed by atoms with Crippen LogP contribution in [-0.2, 0) is 0 Å². The van der Waals surface area contributed by atoms with Gasteiger partial charge >= 0.3 is 0 Å². The summed E-state index contributed by atoms with van der Waals surface area (Å²) in [7, 11) is 3.36. The smallest absolute Gasteiger partial charge is 0.133 e. The molecule has 0 aliphatic rings. The molecule has 0 bridgehead atoms. The third-order valence-corrected chi connectivity index (χ3v) is 4.42. The minimum Gasteiger partial charge on any atom is -0.496 e. The highest BCUT2D eigenvalue weighted by molar-refractivity contribution is 9.10. The van der Waals surface area contributed by atoms with Gasteiger partial charge in [0.25, 0.3) is 0 Å². The number of nitrogens with one attached hydrogen (secondary N) is 1. The normalized spacial score (nSPS) is 12.2. The zero-order valence-corrected chi connectivity index (χ0v) is 14.2. The Labute approximate surface area is 132 Å². The third kappa shape index (κ3) is 3.16. The molecule has 0 fully saturated rings. The lowest BCUT2D eigenvalue weighted by atomic mass is 10.00. The fraction of sp³-hybridized carbons (Fsp3) is 0.333. The Morgan fingerprint density at radius 2 is 2.00 bits per heavy atom. The summed E-state index contributed by atoms with van der Waals surface area (Å²) < 4.78 is 11.8. The van der Waals surface area contributed by atoms with Crippen LogP contribution in [0.4, 0.5) is 0 Å². The van der Waals surface area contributed by atoms with Crippen LogP contribution in [0.3, 0.4) is 0 Å². The molecule has 2 rings (SSSR count). The van der Waals surface area contributed by atoms with Crippen molar-refractivity contribution in [3.8, 4) is 11.5 Å². The molecule has 20 heavy (non-hydrogen) atoms. The second-order valence-electron chi connectivity index (χ2n) is 4.28. The summed E-state index contributed by atoms with van der Waals surface area (Å²) in [6.45, 7) is 2.98. The van der Waals surface area contributed by atoms with Crippen LogP contribution in [0.1, 0.15) is 24.1 Å². The topological polar surface area (TPSA) is 30.5 Å². The quantitative estimate of drug-likeness (QED) is 0.840. The first-order valence-electron chi connectivity index (χ1n) is 6.38. The van der Waals surface area contributed by atoms with Crippen LogP contribution < -0.4 is 14.8 Å². The van der Waals surface area contributed by atoms with Gasteiger partial charge in [0.05, 0.1) is 24.7 Å². The zero-order valence-electron chi connectivity index (χ0n) is 11.8. The molecule has 1 unspecified atom stereocenters. The van der Waals surface area contributed by atoms with Crippen molar-refractivity contribution >= 4 is 27.3 Å². The standard InChI is InChI=1S/C15H18BrNO2S/c1-4-17-15(10-5-6-20-9-10)11-7-14(19-3)12(16)8-13(11)18-2/h5-9,15,17H,4H2,1-3H3. The van der Waals surface area contributed by atoms with Gasteiger partial charge in [0, 0.05) is 5.56 Å². The number of halogens is 1. The number of methoxy groups -OCH3 is 2. The van der Waals surface area contributed by atoms with Crippen molar-refractivity contribution in [3.05, 3.63) is 44.6 Å². The zero-order chi connectivity index (χ0) is 14.5. The van der Waals surface area contributed by atoms with Crippen LogP contribution in [0.5, 0.6) is 11.5 Å². The molecule has 1 aromatic heterocycles. The second kappa shape index (κ2) is 7.11. The molecule has 5 heteroatoms. The van der Waals surface area contributed by atoms with Gasteiger partial charge in [-0.25, -0.2) is 0 Å². The van der Waals surface area contributed by atoms with Gasteiger partial charge in [0.2, 0.25) is 0 Å². The van der Waals surface area contributed by atoms with Crippen molar-refractivity contribution < 1.29 is 9.47 Å². The lowest BCUT2D eigenvalue weighted by Crippen LogP contribution is -2.22. The SMILES string of the molecule is CCNC(c1ccsc1)c1cc(OC)c(Br)cc1OC. The molecule has 3 nitrogen and oxygen atoms in total. The fourth-order valence-electron chi connectivity index (χ4n) is 2.16.